The third kappa shape index (κ3) is 21.2. The molecule has 0 radical (unpaired) electrons. The van der Waals surface area contributed by atoms with Gasteiger partial charge in [0, 0.05) is 13.0 Å². The molecule has 0 rings (SSSR count). The molecule has 0 aromatic rings. The minimum atomic E-state index is -0.618. The Morgan fingerprint density at radius 2 is 1.19 bits per heavy atom. The Hall–Kier alpha value is -0.650. The first-order valence-corrected chi connectivity index (χ1v) is 13.6. The van der Waals surface area contributed by atoms with Gasteiger partial charge in [-0.2, -0.15) is 0 Å². The number of ether oxygens (including phenoxy) is 2. The Morgan fingerprint density at radius 3 is 1.62 bits per heavy atom. The number of esters is 1. The number of methoxy groups -OCH3 is 1. The monoisotopic (exact) mass is 458 g/mol. The molecule has 0 heterocycles. The van der Waals surface area contributed by atoms with Gasteiger partial charge in [-0.05, 0) is 19.3 Å². The fraction of sp³-hybridized carbons (Fsp3) is 0.963. The first-order chi connectivity index (χ1) is 15.7. The van der Waals surface area contributed by atoms with Gasteiger partial charge in [0.25, 0.3) is 0 Å². The van der Waals surface area contributed by atoms with Crippen LogP contribution in [0.3, 0.4) is 0 Å². The quantitative estimate of drug-likeness (QED) is 0.117. The van der Waals surface area contributed by atoms with Gasteiger partial charge >= 0.3 is 5.97 Å². The van der Waals surface area contributed by atoms with Crippen LogP contribution in [0.4, 0.5) is 0 Å². The molecule has 0 aliphatic rings. The van der Waals surface area contributed by atoms with Gasteiger partial charge < -0.3 is 19.7 Å². The molecule has 0 aliphatic heterocycles. The first kappa shape index (κ1) is 31.4. The van der Waals surface area contributed by atoms with Crippen molar-refractivity contribution < 1.29 is 24.5 Å². The number of carbonyl (C=O) groups is 1. The Kier molecular flexibility index (Phi) is 24.5. The van der Waals surface area contributed by atoms with Crippen molar-refractivity contribution in [1.82, 2.24) is 0 Å². The summed E-state index contributed by atoms with van der Waals surface area (Å²) >= 11 is 0. The fourth-order valence-corrected chi connectivity index (χ4v) is 4.08. The number of carbonyl (C=O) groups excluding carboxylic acids is 1. The van der Waals surface area contributed by atoms with E-state index in [0.717, 1.165) is 19.3 Å². The highest BCUT2D eigenvalue weighted by Gasteiger charge is 2.18. The van der Waals surface area contributed by atoms with E-state index in [-0.39, 0.29) is 12.6 Å². The van der Waals surface area contributed by atoms with Gasteiger partial charge in [-0.1, -0.05) is 110 Å². The van der Waals surface area contributed by atoms with Crippen molar-refractivity contribution in [3.8, 4) is 0 Å². The number of hydrogen-bond donors (Lipinski definition) is 2. The van der Waals surface area contributed by atoms with E-state index in [9.17, 15) is 15.0 Å². The normalized spacial score (nSPS) is 13.2. The maximum Gasteiger partial charge on any atom is 0.305 e. The second kappa shape index (κ2) is 25.0. The molecule has 0 saturated carbocycles. The third-order valence-electron chi connectivity index (χ3n) is 6.30. The van der Waals surface area contributed by atoms with Crippen molar-refractivity contribution in [2.45, 2.75) is 148 Å². The molecular weight excluding hydrogens is 404 g/mol. The van der Waals surface area contributed by atoms with Crippen molar-refractivity contribution in [2.24, 2.45) is 0 Å². The molecule has 0 bridgehead atoms. The van der Waals surface area contributed by atoms with E-state index in [0.29, 0.717) is 25.9 Å². The van der Waals surface area contributed by atoms with E-state index >= 15 is 0 Å². The van der Waals surface area contributed by atoms with Crippen LogP contribution in [-0.4, -0.2) is 48.7 Å². The van der Waals surface area contributed by atoms with E-state index in [2.05, 4.69) is 11.7 Å². The number of aliphatic hydroxyl groups is 2. The van der Waals surface area contributed by atoms with E-state index in [1.54, 1.807) is 0 Å². The second-order valence-corrected chi connectivity index (χ2v) is 9.28. The Balaban J connectivity index is 3.41. The Morgan fingerprint density at radius 1 is 0.719 bits per heavy atom. The van der Waals surface area contributed by atoms with Gasteiger partial charge in [0.1, 0.15) is 6.10 Å². The predicted molar refractivity (Wildman–Crippen MR) is 133 cm³/mol. The predicted octanol–water partition coefficient (Wildman–Crippen LogP) is 6.72. The molecule has 5 heteroatoms. The van der Waals surface area contributed by atoms with Crippen LogP contribution in [0, 0.1) is 0 Å². The van der Waals surface area contributed by atoms with E-state index in [1.807, 2.05) is 0 Å². The number of rotatable bonds is 25. The van der Waals surface area contributed by atoms with Crippen molar-refractivity contribution in [3.63, 3.8) is 0 Å². The number of hydrogen-bond acceptors (Lipinski definition) is 5. The van der Waals surface area contributed by atoms with E-state index in [4.69, 9.17) is 4.74 Å². The van der Waals surface area contributed by atoms with Gasteiger partial charge in [0.2, 0.25) is 0 Å². The smallest absolute Gasteiger partial charge is 0.305 e. The molecule has 2 N–H and O–H groups in total. The summed E-state index contributed by atoms with van der Waals surface area (Å²) in [5, 5.41) is 19.7. The minimum absolute atomic E-state index is 0.170. The summed E-state index contributed by atoms with van der Waals surface area (Å²) in [6.45, 7) is 2.55. The largest absolute Gasteiger partial charge is 0.469 e. The summed E-state index contributed by atoms with van der Waals surface area (Å²) in [5.41, 5.74) is 0. The van der Waals surface area contributed by atoms with Crippen LogP contribution in [0.15, 0.2) is 0 Å². The average molecular weight is 459 g/mol. The molecule has 0 saturated heterocycles. The highest BCUT2D eigenvalue weighted by molar-refractivity contribution is 5.68. The lowest BCUT2D eigenvalue weighted by Gasteiger charge is -2.21. The van der Waals surface area contributed by atoms with Gasteiger partial charge in [-0.15, -0.1) is 0 Å². The average Bonchev–Trinajstić information content (AvgIpc) is 2.80. The molecule has 0 spiro atoms. The zero-order valence-corrected chi connectivity index (χ0v) is 21.3. The molecule has 1 unspecified atom stereocenters. The summed E-state index contributed by atoms with van der Waals surface area (Å²) in [5.74, 6) is -0.216. The summed E-state index contributed by atoms with van der Waals surface area (Å²) < 4.78 is 10.2. The highest BCUT2D eigenvalue weighted by Crippen LogP contribution is 2.15. The molecule has 0 fully saturated rings. The second-order valence-electron chi connectivity index (χ2n) is 9.28. The molecule has 192 valence electrons. The lowest BCUT2D eigenvalue weighted by atomic mass is 10.0. The van der Waals surface area contributed by atoms with Crippen molar-refractivity contribution in [1.29, 1.82) is 0 Å². The first-order valence-electron chi connectivity index (χ1n) is 13.6. The van der Waals surface area contributed by atoms with Gasteiger partial charge in [0.15, 0.2) is 0 Å². The number of unbranched alkanes of at least 4 members (excludes halogenated alkanes) is 16. The highest BCUT2D eigenvalue weighted by atomic mass is 16.5. The summed E-state index contributed by atoms with van der Waals surface area (Å²) in [4.78, 5) is 11.1. The van der Waals surface area contributed by atoms with Crippen molar-refractivity contribution in [2.75, 3.05) is 20.3 Å². The van der Waals surface area contributed by atoms with Crippen LogP contribution in [0.25, 0.3) is 0 Å². The van der Waals surface area contributed by atoms with E-state index in [1.165, 1.54) is 97.0 Å². The van der Waals surface area contributed by atoms with Crippen LogP contribution >= 0.6 is 0 Å². The Labute approximate surface area is 198 Å². The van der Waals surface area contributed by atoms with Crippen LogP contribution in [0.2, 0.25) is 0 Å². The Bertz CT molecular complexity index is 388. The summed E-state index contributed by atoms with van der Waals surface area (Å²) in [6, 6.07) is 0. The molecule has 32 heavy (non-hydrogen) atoms. The lowest BCUT2D eigenvalue weighted by Crippen LogP contribution is -2.32. The van der Waals surface area contributed by atoms with Crippen LogP contribution in [0.1, 0.15) is 135 Å². The van der Waals surface area contributed by atoms with Crippen molar-refractivity contribution >= 4 is 5.97 Å². The topological polar surface area (TPSA) is 76.0 Å². The maximum absolute atomic E-state index is 11.1. The lowest BCUT2D eigenvalue weighted by molar-refractivity contribution is -0.140. The molecule has 0 aromatic heterocycles. The zero-order chi connectivity index (χ0) is 23.7. The SMILES string of the molecule is CCCCCCCCCCCCCCCCCCC(O)[C@H](CO)OCCCCC(=O)OC. The van der Waals surface area contributed by atoms with Crippen molar-refractivity contribution in [3.05, 3.63) is 0 Å². The molecule has 5 nitrogen and oxygen atoms in total. The molecular formula is C27H54O5. The molecule has 0 aromatic carbocycles. The molecule has 2 atom stereocenters. The third-order valence-corrected chi connectivity index (χ3v) is 6.30. The summed E-state index contributed by atoms with van der Waals surface area (Å²) in [6.07, 6.45) is 22.7. The molecule has 0 amide bonds. The van der Waals surface area contributed by atoms with Crippen LogP contribution < -0.4 is 0 Å². The number of aliphatic hydroxyl groups excluding tert-OH is 2. The van der Waals surface area contributed by atoms with Crippen LogP contribution in [0.5, 0.6) is 0 Å². The standard InChI is InChI=1S/C27H54O5/c1-3-4-5-6-7-8-9-10-11-12-13-14-15-16-17-18-21-25(29)26(24-28)32-23-20-19-22-27(30)31-2/h25-26,28-29H,3-24H2,1-2H3/t25?,26-/m0/s1. The van der Waals surface area contributed by atoms with E-state index < -0.39 is 12.2 Å². The minimum Gasteiger partial charge on any atom is -0.469 e. The maximum atomic E-state index is 11.1. The molecule has 0 aliphatic carbocycles. The zero-order valence-electron chi connectivity index (χ0n) is 21.3. The van der Waals surface area contributed by atoms with Crippen LogP contribution in [-0.2, 0) is 14.3 Å². The van der Waals surface area contributed by atoms with Gasteiger partial charge in [-0.3, -0.25) is 4.79 Å². The fourth-order valence-electron chi connectivity index (χ4n) is 4.08. The van der Waals surface area contributed by atoms with Gasteiger partial charge in [-0.25, -0.2) is 0 Å². The summed E-state index contributed by atoms with van der Waals surface area (Å²) in [7, 11) is 1.38. The van der Waals surface area contributed by atoms with Gasteiger partial charge in [0.05, 0.1) is 19.8 Å².